The van der Waals surface area contributed by atoms with Crippen LogP contribution in [-0.4, -0.2) is 141 Å². The number of hydrogen-bond acceptors (Lipinski definition) is 11. The van der Waals surface area contributed by atoms with Gasteiger partial charge in [0.1, 0.15) is 48.0 Å². The van der Waals surface area contributed by atoms with E-state index in [1.807, 2.05) is 27.7 Å². The van der Waals surface area contributed by atoms with Crippen molar-refractivity contribution in [1.82, 2.24) is 41.7 Å². The molecule has 8 atom stereocenters. The second-order valence-electron chi connectivity index (χ2n) is 21.1. The lowest BCUT2D eigenvalue weighted by Gasteiger charge is -2.31. The summed E-state index contributed by atoms with van der Waals surface area (Å²) < 4.78 is 0. The second kappa shape index (κ2) is 28.5. The highest BCUT2D eigenvalue weighted by Crippen LogP contribution is 2.23. The minimum absolute atomic E-state index is 0.0187. The summed E-state index contributed by atoms with van der Waals surface area (Å²) in [5.74, 6) is -6.65. The number of benzene rings is 3. The Kier molecular flexibility index (Phi) is 22.3. The van der Waals surface area contributed by atoms with Gasteiger partial charge in [-0.3, -0.25) is 38.4 Å². The topological polar surface area (TPSA) is 299 Å². The van der Waals surface area contributed by atoms with E-state index in [0.717, 1.165) is 5.56 Å². The van der Waals surface area contributed by atoms with Gasteiger partial charge in [0.15, 0.2) is 0 Å². The average Bonchev–Trinajstić information content (AvgIpc) is 4.08. The fourth-order valence-electron chi connectivity index (χ4n) is 9.62. The summed E-state index contributed by atoms with van der Waals surface area (Å²) >= 11 is 0. The first-order valence-electron chi connectivity index (χ1n) is 26.3. The fourth-order valence-corrected chi connectivity index (χ4v) is 9.62. The van der Waals surface area contributed by atoms with E-state index in [-0.39, 0.29) is 62.7 Å². The lowest BCUT2D eigenvalue weighted by Crippen LogP contribution is -2.59. The Morgan fingerprint density at radius 2 is 1.01 bits per heavy atom. The Morgan fingerprint density at radius 1 is 0.553 bits per heavy atom. The summed E-state index contributed by atoms with van der Waals surface area (Å²) in [4.78, 5) is 126. The number of rotatable bonds is 26. The Hall–Kier alpha value is -7.35. The van der Waals surface area contributed by atoms with E-state index in [0.29, 0.717) is 36.9 Å². The van der Waals surface area contributed by atoms with Crippen LogP contribution >= 0.6 is 0 Å². The maximum absolute atomic E-state index is 14.4. The highest BCUT2D eigenvalue weighted by molar-refractivity contribution is 5.98. The van der Waals surface area contributed by atoms with Gasteiger partial charge in [-0.05, 0) is 91.5 Å². The van der Waals surface area contributed by atoms with Gasteiger partial charge in [0, 0.05) is 25.9 Å². The van der Waals surface area contributed by atoms with E-state index in [1.165, 1.54) is 21.9 Å². The zero-order chi connectivity index (χ0) is 55.6. The number of nitrogens with two attached hydrogens (primary N) is 1. The molecule has 0 unspecified atom stereocenters. The van der Waals surface area contributed by atoms with Crippen LogP contribution in [0.1, 0.15) is 96.8 Å². The molecule has 0 saturated carbocycles. The van der Waals surface area contributed by atoms with Crippen molar-refractivity contribution in [1.29, 1.82) is 0 Å². The van der Waals surface area contributed by atoms with Gasteiger partial charge >= 0.3 is 5.97 Å². The highest BCUT2D eigenvalue weighted by atomic mass is 16.4. The molecule has 2 heterocycles. The predicted octanol–water partition coefficient (Wildman–Crippen LogP) is 2.10. The Labute approximate surface area is 445 Å². The molecule has 2 saturated heterocycles. The molecular formula is C56H77N9O11. The molecule has 0 spiro atoms. The third-order valence-corrected chi connectivity index (χ3v) is 13.6. The zero-order valence-electron chi connectivity index (χ0n) is 44.5. The van der Waals surface area contributed by atoms with Crippen molar-refractivity contribution in [2.75, 3.05) is 19.6 Å². The van der Waals surface area contributed by atoms with Gasteiger partial charge in [-0.15, -0.1) is 0 Å². The van der Waals surface area contributed by atoms with E-state index in [1.54, 1.807) is 86.6 Å². The number of phenolic OH excluding ortho intramolecular Hbond substituents is 1. The first-order valence-corrected chi connectivity index (χ1v) is 26.3. The van der Waals surface area contributed by atoms with E-state index in [9.17, 15) is 53.4 Å². The molecule has 20 heteroatoms. The molecule has 3 aromatic rings. The quantitative estimate of drug-likeness (QED) is 0.0559. The van der Waals surface area contributed by atoms with Crippen molar-refractivity contribution in [2.45, 2.75) is 148 Å². The van der Waals surface area contributed by atoms with Crippen molar-refractivity contribution in [3.63, 3.8) is 0 Å². The van der Waals surface area contributed by atoms with Crippen LogP contribution in [0, 0.1) is 17.8 Å². The van der Waals surface area contributed by atoms with Gasteiger partial charge in [0.2, 0.25) is 47.3 Å². The zero-order valence-corrected chi connectivity index (χ0v) is 44.5. The summed E-state index contributed by atoms with van der Waals surface area (Å²) in [5.41, 5.74) is 8.47. The number of aliphatic carboxylic acids is 1. The van der Waals surface area contributed by atoms with Crippen LogP contribution in [0.4, 0.5) is 0 Å². The normalized spacial score (nSPS) is 17.7. The molecule has 20 nitrogen and oxygen atoms in total. The molecule has 2 fully saturated rings. The average molecular weight is 1050 g/mol. The van der Waals surface area contributed by atoms with Crippen molar-refractivity contribution in [2.24, 2.45) is 23.5 Å². The monoisotopic (exact) mass is 1050 g/mol. The van der Waals surface area contributed by atoms with Gasteiger partial charge in [-0.2, -0.15) is 0 Å². The highest BCUT2D eigenvalue weighted by Gasteiger charge is 2.41. The van der Waals surface area contributed by atoms with Gasteiger partial charge in [0.25, 0.3) is 0 Å². The van der Waals surface area contributed by atoms with Crippen molar-refractivity contribution in [3.05, 3.63) is 102 Å². The number of carboxylic acids is 1. The standard InChI is InChI=1S/C56H77N9O11/c1-33(2)27-41(61-52(71)45-19-13-25-64(45)54(73)40(57)29-38-21-23-39(66)24-22-38)50(69)60-42(30-36-15-9-7-10-16-36)49(68)58-32-47(67)59-44(28-34(3)4)55(74)65-26-14-20-46(65)53(72)62-43(31-37-17-11-8-12-18-37)51(70)63-48(35(5)6)56(75)76/h7-12,15-18,21-24,33-35,40-46,48,66H,13-14,19-20,25-32,57H2,1-6H3,(H,58,68)(H,59,67)(H,60,69)(H,61,71)(H,62,72)(H,63,70)(H,75,76)/t40-,41-,42-,43-,44-,45-,46-,48-/m0/s1. The summed E-state index contributed by atoms with van der Waals surface area (Å²) in [6, 6.07) is 15.5. The van der Waals surface area contributed by atoms with Crippen LogP contribution in [0.3, 0.4) is 0 Å². The molecule has 0 aromatic heterocycles. The van der Waals surface area contributed by atoms with Crippen LogP contribution in [0.15, 0.2) is 84.9 Å². The lowest BCUT2D eigenvalue weighted by atomic mass is 10.0. The van der Waals surface area contributed by atoms with Crippen molar-refractivity contribution < 1.29 is 53.4 Å². The van der Waals surface area contributed by atoms with Gasteiger partial charge < -0.3 is 57.6 Å². The SMILES string of the molecule is CC(C)C[C@H](NC(=O)[C@@H]1CCCN1C(=O)[C@@H](N)Cc1ccc(O)cc1)C(=O)N[C@@H](Cc1ccccc1)C(=O)NCC(=O)N[C@@H](CC(C)C)C(=O)N1CCC[C@H]1C(=O)N[C@@H](Cc1ccccc1)C(=O)N[C@H](C(=O)O)C(C)C. The molecule has 0 radical (unpaired) electrons. The Morgan fingerprint density at radius 3 is 1.51 bits per heavy atom. The predicted molar refractivity (Wildman–Crippen MR) is 284 cm³/mol. The minimum atomic E-state index is -1.22. The molecular weight excluding hydrogens is 975 g/mol. The number of phenols is 1. The molecule has 0 bridgehead atoms. The van der Waals surface area contributed by atoms with E-state index < -0.39 is 114 Å². The van der Waals surface area contributed by atoms with Crippen LogP contribution < -0.4 is 37.6 Å². The number of aromatic hydroxyl groups is 1. The van der Waals surface area contributed by atoms with Crippen LogP contribution in [0.2, 0.25) is 0 Å². The first kappa shape index (κ1) is 59.5. The van der Waals surface area contributed by atoms with Gasteiger partial charge in [-0.25, -0.2) is 4.79 Å². The number of carbonyl (C=O) groups is 9. The molecule has 76 heavy (non-hydrogen) atoms. The summed E-state index contributed by atoms with van der Waals surface area (Å²) in [5, 5.41) is 35.8. The van der Waals surface area contributed by atoms with Crippen molar-refractivity contribution >= 4 is 53.2 Å². The largest absolute Gasteiger partial charge is 0.508 e. The summed E-state index contributed by atoms with van der Waals surface area (Å²) in [6.45, 7) is 10.7. The number of carbonyl (C=O) groups excluding carboxylic acids is 8. The lowest BCUT2D eigenvalue weighted by molar-refractivity contribution is -0.144. The molecule has 5 rings (SSSR count). The Balaban J connectivity index is 1.25. The van der Waals surface area contributed by atoms with E-state index in [4.69, 9.17) is 5.73 Å². The summed E-state index contributed by atoms with van der Waals surface area (Å²) in [6.07, 6.45) is 2.26. The van der Waals surface area contributed by atoms with E-state index >= 15 is 0 Å². The molecule has 8 amide bonds. The van der Waals surface area contributed by atoms with Crippen LogP contribution in [0.25, 0.3) is 0 Å². The number of carboxylic acid groups (broad SMARTS) is 1. The molecule has 10 N–H and O–H groups in total. The minimum Gasteiger partial charge on any atom is -0.508 e. The van der Waals surface area contributed by atoms with Gasteiger partial charge in [0.05, 0.1) is 12.6 Å². The number of likely N-dealkylation sites (tertiary alicyclic amines) is 2. The smallest absolute Gasteiger partial charge is 0.326 e. The number of nitrogens with one attached hydrogen (secondary N) is 6. The van der Waals surface area contributed by atoms with Crippen molar-refractivity contribution in [3.8, 4) is 5.75 Å². The first-order chi connectivity index (χ1) is 36.1. The molecule has 2 aliphatic rings. The second-order valence-corrected chi connectivity index (χ2v) is 21.1. The maximum atomic E-state index is 14.4. The number of amides is 8. The molecule has 412 valence electrons. The van der Waals surface area contributed by atoms with Crippen LogP contribution in [0.5, 0.6) is 5.75 Å². The Bertz CT molecular complexity index is 2470. The molecule has 2 aliphatic heterocycles. The molecule has 3 aromatic carbocycles. The fraction of sp³-hybridized carbons (Fsp3) is 0.518. The third kappa shape index (κ3) is 17.6. The number of hydrogen-bond donors (Lipinski definition) is 9. The van der Waals surface area contributed by atoms with Crippen LogP contribution in [-0.2, 0) is 62.4 Å². The third-order valence-electron chi connectivity index (χ3n) is 13.6. The molecule has 0 aliphatic carbocycles. The summed E-state index contributed by atoms with van der Waals surface area (Å²) in [7, 11) is 0. The van der Waals surface area contributed by atoms with E-state index in [2.05, 4.69) is 31.9 Å². The number of nitrogens with zero attached hydrogens (tertiary/aromatic N) is 2. The van der Waals surface area contributed by atoms with Gasteiger partial charge in [-0.1, -0.05) is 114 Å². The maximum Gasteiger partial charge on any atom is 0.326 e.